The van der Waals surface area contributed by atoms with E-state index in [4.69, 9.17) is 16.3 Å². The van der Waals surface area contributed by atoms with Crippen molar-refractivity contribution >= 4 is 23.5 Å². The van der Waals surface area contributed by atoms with Gasteiger partial charge in [0.25, 0.3) is 0 Å². The molecule has 0 aliphatic rings. The number of nitrogens with zero attached hydrogens (tertiary/aromatic N) is 1. The fraction of sp³-hybridized carbons (Fsp3) is 0.0952. The van der Waals surface area contributed by atoms with Crippen LogP contribution in [0.2, 0.25) is 5.02 Å². The van der Waals surface area contributed by atoms with Crippen molar-refractivity contribution in [3.05, 3.63) is 94.5 Å². The van der Waals surface area contributed by atoms with E-state index in [-0.39, 0.29) is 0 Å². The van der Waals surface area contributed by atoms with Crippen molar-refractivity contribution < 1.29 is 4.74 Å². The molecule has 25 heavy (non-hydrogen) atoms. The average Bonchev–Trinajstić information content (AvgIpc) is 2.63. The highest BCUT2D eigenvalue weighted by Gasteiger charge is 2.01. The molecule has 0 bridgehead atoms. The largest absolute Gasteiger partial charge is 0.489 e. The molecule has 4 heteroatoms. The summed E-state index contributed by atoms with van der Waals surface area (Å²) in [5.41, 5.74) is 7.11. The Morgan fingerprint density at radius 3 is 2.60 bits per heavy atom. The van der Waals surface area contributed by atoms with E-state index in [0.717, 1.165) is 22.6 Å². The van der Waals surface area contributed by atoms with Gasteiger partial charge in [-0.05, 0) is 42.8 Å². The maximum absolute atomic E-state index is 6.15. The molecule has 0 atom stereocenters. The van der Waals surface area contributed by atoms with Crippen molar-refractivity contribution in [2.24, 2.45) is 5.10 Å². The summed E-state index contributed by atoms with van der Waals surface area (Å²) < 4.78 is 5.82. The van der Waals surface area contributed by atoms with Crippen LogP contribution in [0.1, 0.15) is 16.7 Å². The van der Waals surface area contributed by atoms with Crippen LogP contribution in [0, 0.1) is 6.92 Å². The van der Waals surface area contributed by atoms with E-state index in [0.29, 0.717) is 11.6 Å². The Morgan fingerprint density at radius 2 is 1.80 bits per heavy atom. The first-order chi connectivity index (χ1) is 12.2. The van der Waals surface area contributed by atoms with Crippen molar-refractivity contribution in [3.63, 3.8) is 0 Å². The zero-order valence-electron chi connectivity index (χ0n) is 13.9. The van der Waals surface area contributed by atoms with Crippen molar-refractivity contribution in [2.75, 3.05) is 5.43 Å². The molecule has 0 saturated carbocycles. The first kappa shape index (κ1) is 17.1. The summed E-state index contributed by atoms with van der Waals surface area (Å²) in [6.07, 6.45) is 1.77. The minimum absolute atomic E-state index is 0.432. The second-order valence-electron chi connectivity index (χ2n) is 5.69. The van der Waals surface area contributed by atoms with Gasteiger partial charge in [0, 0.05) is 10.6 Å². The Kier molecular flexibility index (Phi) is 5.70. The maximum atomic E-state index is 6.15. The molecule has 3 aromatic carbocycles. The number of benzene rings is 3. The van der Waals surface area contributed by atoms with Crippen LogP contribution in [0.5, 0.6) is 5.75 Å². The molecule has 0 radical (unpaired) electrons. The lowest BCUT2D eigenvalue weighted by Gasteiger charge is -2.08. The van der Waals surface area contributed by atoms with Crippen LogP contribution in [-0.4, -0.2) is 6.21 Å². The monoisotopic (exact) mass is 350 g/mol. The van der Waals surface area contributed by atoms with Crippen molar-refractivity contribution in [1.82, 2.24) is 0 Å². The standard InChI is InChI=1S/C21H19ClN2O/c1-16-9-11-19(12-10-16)24-23-14-17-5-4-7-20(13-17)25-15-18-6-2-3-8-21(18)22/h2-14,24H,15H2,1H3/b23-14-. The van der Waals surface area contributed by atoms with Gasteiger partial charge in [-0.2, -0.15) is 5.10 Å². The van der Waals surface area contributed by atoms with Crippen LogP contribution in [0.4, 0.5) is 5.69 Å². The van der Waals surface area contributed by atoms with E-state index >= 15 is 0 Å². The second-order valence-corrected chi connectivity index (χ2v) is 6.10. The van der Waals surface area contributed by atoms with Crippen molar-refractivity contribution in [3.8, 4) is 5.75 Å². The van der Waals surface area contributed by atoms with Gasteiger partial charge in [0.1, 0.15) is 12.4 Å². The highest BCUT2D eigenvalue weighted by molar-refractivity contribution is 6.31. The zero-order valence-corrected chi connectivity index (χ0v) is 14.7. The molecule has 0 unspecified atom stereocenters. The van der Waals surface area contributed by atoms with Gasteiger partial charge >= 0.3 is 0 Å². The lowest BCUT2D eigenvalue weighted by molar-refractivity contribution is 0.306. The Balaban J connectivity index is 1.60. The lowest BCUT2D eigenvalue weighted by Crippen LogP contribution is -1.97. The summed E-state index contributed by atoms with van der Waals surface area (Å²) in [6, 6.07) is 23.5. The van der Waals surface area contributed by atoms with Gasteiger partial charge in [0.2, 0.25) is 0 Å². The predicted molar refractivity (Wildman–Crippen MR) is 105 cm³/mol. The van der Waals surface area contributed by atoms with Gasteiger partial charge in [0.15, 0.2) is 0 Å². The number of halogens is 1. The van der Waals surface area contributed by atoms with Gasteiger partial charge in [-0.15, -0.1) is 0 Å². The Hall–Kier alpha value is -2.78. The van der Waals surface area contributed by atoms with E-state index in [1.165, 1.54) is 5.56 Å². The summed E-state index contributed by atoms with van der Waals surface area (Å²) in [7, 11) is 0. The van der Waals surface area contributed by atoms with E-state index in [2.05, 4.69) is 17.5 Å². The summed E-state index contributed by atoms with van der Waals surface area (Å²) in [5, 5.41) is 4.97. The van der Waals surface area contributed by atoms with Gasteiger partial charge in [-0.25, -0.2) is 0 Å². The number of hydrazone groups is 1. The van der Waals surface area contributed by atoms with Crippen LogP contribution >= 0.6 is 11.6 Å². The van der Waals surface area contributed by atoms with E-state index in [9.17, 15) is 0 Å². The Bertz CT molecular complexity index is 860. The second kappa shape index (κ2) is 8.36. The summed E-state index contributed by atoms with van der Waals surface area (Å²) >= 11 is 6.15. The van der Waals surface area contributed by atoms with E-state index < -0.39 is 0 Å². The number of aryl methyl sites for hydroxylation is 1. The minimum atomic E-state index is 0.432. The molecule has 126 valence electrons. The molecule has 0 aromatic heterocycles. The SMILES string of the molecule is Cc1ccc(N/N=C\c2cccc(OCc3ccccc3Cl)c2)cc1. The number of ether oxygens (including phenoxy) is 1. The first-order valence-electron chi connectivity index (χ1n) is 8.03. The maximum Gasteiger partial charge on any atom is 0.120 e. The van der Waals surface area contributed by atoms with Gasteiger partial charge < -0.3 is 4.74 Å². The third-order valence-corrected chi connectivity index (χ3v) is 4.04. The molecule has 3 aromatic rings. The molecular formula is C21H19ClN2O. The molecule has 0 aliphatic heterocycles. The van der Waals surface area contributed by atoms with Crippen LogP contribution in [0.25, 0.3) is 0 Å². The van der Waals surface area contributed by atoms with Crippen molar-refractivity contribution in [2.45, 2.75) is 13.5 Å². The lowest BCUT2D eigenvalue weighted by atomic mass is 10.2. The van der Waals surface area contributed by atoms with Crippen LogP contribution in [0.3, 0.4) is 0 Å². The number of hydrogen-bond acceptors (Lipinski definition) is 3. The number of anilines is 1. The third-order valence-electron chi connectivity index (χ3n) is 3.67. The van der Waals surface area contributed by atoms with Crippen LogP contribution in [-0.2, 0) is 6.61 Å². The fourth-order valence-corrected chi connectivity index (χ4v) is 2.46. The minimum Gasteiger partial charge on any atom is -0.489 e. The van der Waals surface area contributed by atoms with Gasteiger partial charge in [-0.1, -0.05) is 59.6 Å². The molecular weight excluding hydrogens is 332 g/mol. The number of rotatable bonds is 6. The van der Waals surface area contributed by atoms with E-state index in [1.54, 1.807) is 6.21 Å². The van der Waals surface area contributed by atoms with Gasteiger partial charge in [0.05, 0.1) is 11.9 Å². The molecule has 0 fully saturated rings. The molecule has 3 rings (SSSR count). The molecule has 3 nitrogen and oxygen atoms in total. The fourth-order valence-electron chi connectivity index (χ4n) is 2.27. The Morgan fingerprint density at radius 1 is 1.00 bits per heavy atom. The number of hydrogen-bond donors (Lipinski definition) is 1. The number of nitrogens with one attached hydrogen (secondary N) is 1. The zero-order chi connectivity index (χ0) is 17.5. The molecule has 1 N–H and O–H groups in total. The van der Waals surface area contributed by atoms with Gasteiger partial charge in [-0.3, -0.25) is 5.43 Å². The predicted octanol–water partition coefficient (Wildman–Crippen LogP) is 5.67. The van der Waals surface area contributed by atoms with Crippen LogP contribution < -0.4 is 10.2 Å². The average molecular weight is 351 g/mol. The third kappa shape index (κ3) is 5.10. The smallest absolute Gasteiger partial charge is 0.120 e. The summed E-state index contributed by atoms with van der Waals surface area (Å²) in [5.74, 6) is 0.777. The normalized spacial score (nSPS) is 10.8. The van der Waals surface area contributed by atoms with Crippen molar-refractivity contribution in [1.29, 1.82) is 0 Å². The molecule has 0 heterocycles. The quantitative estimate of drug-likeness (QED) is 0.458. The highest BCUT2D eigenvalue weighted by Crippen LogP contribution is 2.19. The highest BCUT2D eigenvalue weighted by atomic mass is 35.5. The molecule has 0 amide bonds. The Labute approximate surface area is 152 Å². The van der Waals surface area contributed by atoms with E-state index in [1.807, 2.05) is 72.8 Å². The topological polar surface area (TPSA) is 33.6 Å². The molecule has 0 spiro atoms. The first-order valence-corrected chi connectivity index (χ1v) is 8.40. The molecule has 0 saturated heterocycles. The molecule has 0 aliphatic carbocycles. The summed E-state index contributed by atoms with van der Waals surface area (Å²) in [6.45, 7) is 2.49. The van der Waals surface area contributed by atoms with Crippen LogP contribution in [0.15, 0.2) is 77.9 Å². The summed E-state index contributed by atoms with van der Waals surface area (Å²) in [4.78, 5) is 0.